The highest BCUT2D eigenvalue weighted by atomic mass is 16.5. The van der Waals surface area contributed by atoms with Crippen LogP contribution in [-0.2, 0) is 4.79 Å². The molecule has 4 aliphatic carbocycles. The molecular formula is C26H40N4O4. The topological polar surface area (TPSA) is 105 Å². The molecule has 1 heterocycles. The Morgan fingerprint density at radius 3 is 2.56 bits per heavy atom. The predicted molar refractivity (Wildman–Crippen MR) is 130 cm³/mol. The molecule has 4 saturated carbocycles. The Labute approximate surface area is 202 Å². The Hall–Kier alpha value is -2.35. The van der Waals surface area contributed by atoms with Gasteiger partial charge in [0.25, 0.3) is 5.91 Å². The van der Waals surface area contributed by atoms with Gasteiger partial charge in [-0.3, -0.25) is 9.59 Å². The summed E-state index contributed by atoms with van der Waals surface area (Å²) in [6.45, 7) is 10.1. The summed E-state index contributed by atoms with van der Waals surface area (Å²) in [6.07, 6.45) is 10.5. The predicted octanol–water partition coefficient (Wildman–Crippen LogP) is 3.22. The second-order valence-electron chi connectivity index (χ2n) is 11.9. The van der Waals surface area contributed by atoms with Crippen LogP contribution >= 0.6 is 0 Å². The van der Waals surface area contributed by atoms with Gasteiger partial charge in [-0.15, -0.1) is 0 Å². The summed E-state index contributed by atoms with van der Waals surface area (Å²) in [5.74, 6) is 1.96. The molecule has 8 heteroatoms. The van der Waals surface area contributed by atoms with E-state index in [2.05, 4.69) is 29.6 Å². The van der Waals surface area contributed by atoms with E-state index in [-0.39, 0.29) is 35.8 Å². The monoisotopic (exact) mass is 472 g/mol. The third-order valence-corrected chi connectivity index (χ3v) is 7.71. The maximum Gasteiger partial charge on any atom is 0.258 e. The Morgan fingerprint density at radius 2 is 1.97 bits per heavy atom. The van der Waals surface area contributed by atoms with Crippen LogP contribution in [0.2, 0.25) is 0 Å². The van der Waals surface area contributed by atoms with E-state index in [1.165, 1.54) is 6.92 Å². The smallest absolute Gasteiger partial charge is 0.258 e. The Balaban J connectivity index is 1.53. The lowest BCUT2D eigenvalue weighted by molar-refractivity contribution is -0.120. The van der Waals surface area contributed by atoms with Gasteiger partial charge in [-0.2, -0.15) is 5.10 Å². The van der Waals surface area contributed by atoms with Crippen molar-refractivity contribution in [3.05, 3.63) is 17.8 Å². The lowest BCUT2D eigenvalue weighted by Crippen LogP contribution is -2.60. The standard InChI is InChI=1S/C26H40N4O4/c1-16(2)14-34-24-21(13-27-30(24)7-6-25(4,5)29-17(3)32)23(33)28-22-19-8-18-9-20(22)12-26(10-18,11-19)15-31/h6-7,13,16,18-20,22,31H,8-12,14-15H2,1-5H3,(H,28,33)(H,29,32)/b7-6+. The van der Waals surface area contributed by atoms with Crippen LogP contribution in [-0.4, -0.2) is 51.5 Å². The second kappa shape index (κ2) is 9.36. The summed E-state index contributed by atoms with van der Waals surface area (Å²) >= 11 is 0. The Bertz CT molecular complexity index is 935. The number of aliphatic hydroxyl groups is 1. The number of nitrogens with one attached hydrogen (secondary N) is 2. The first-order valence-electron chi connectivity index (χ1n) is 12.6. The number of aromatic nitrogens is 2. The number of hydrogen-bond donors (Lipinski definition) is 3. The van der Waals surface area contributed by atoms with Gasteiger partial charge in [0.2, 0.25) is 11.8 Å². The Morgan fingerprint density at radius 1 is 1.29 bits per heavy atom. The van der Waals surface area contributed by atoms with E-state index < -0.39 is 5.54 Å². The second-order valence-corrected chi connectivity index (χ2v) is 11.9. The number of amides is 2. The minimum atomic E-state index is -0.571. The summed E-state index contributed by atoms with van der Waals surface area (Å²) in [5.41, 5.74) is -0.0774. The fourth-order valence-corrected chi connectivity index (χ4v) is 6.61. The van der Waals surface area contributed by atoms with E-state index in [0.717, 1.165) is 32.1 Å². The molecule has 0 radical (unpaired) electrons. The third kappa shape index (κ3) is 5.16. The van der Waals surface area contributed by atoms with Crippen LogP contribution in [0, 0.1) is 29.1 Å². The number of carbonyl (C=O) groups is 2. The molecule has 0 aromatic carbocycles. The SMILES string of the molecule is CC(=O)NC(C)(C)/C=C/n1ncc(C(=O)NC2C3CC4CC2CC(CO)(C4)C3)c1OCC(C)C. The zero-order chi connectivity index (χ0) is 24.7. The van der Waals surface area contributed by atoms with Crippen molar-refractivity contribution in [3.8, 4) is 5.88 Å². The highest BCUT2D eigenvalue weighted by Crippen LogP contribution is 2.59. The molecule has 3 N–H and O–H groups in total. The van der Waals surface area contributed by atoms with Gasteiger partial charge < -0.3 is 20.5 Å². The van der Waals surface area contributed by atoms with Crippen molar-refractivity contribution in [2.45, 2.75) is 78.3 Å². The Kier molecular flexibility index (Phi) is 6.82. The van der Waals surface area contributed by atoms with Crippen LogP contribution in [0.5, 0.6) is 5.88 Å². The van der Waals surface area contributed by atoms with Gasteiger partial charge in [-0.1, -0.05) is 13.8 Å². The fourth-order valence-electron chi connectivity index (χ4n) is 6.61. The van der Waals surface area contributed by atoms with Crippen molar-refractivity contribution in [3.63, 3.8) is 0 Å². The number of aliphatic hydroxyl groups excluding tert-OH is 1. The average molecular weight is 473 g/mol. The lowest BCUT2D eigenvalue weighted by atomic mass is 9.48. The molecule has 0 spiro atoms. The minimum absolute atomic E-state index is 0.0691. The fraction of sp³-hybridized carbons (Fsp3) is 0.731. The van der Waals surface area contributed by atoms with Crippen molar-refractivity contribution in [2.75, 3.05) is 13.2 Å². The number of rotatable bonds is 9. The van der Waals surface area contributed by atoms with Crippen LogP contribution in [0.4, 0.5) is 0 Å². The van der Waals surface area contributed by atoms with Crippen LogP contribution in [0.3, 0.4) is 0 Å². The van der Waals surface area contributed by atoms with Crippen molar-refractivity contribution < 1.29 is 19.4 Å². The van der Waals surface area contributed by atoms with Crippen molar-refractivity contribution >= 4 is 18.0 Å². The summed E-state index contributed by atoms with van der Waals surface area (Å²) in [7, 11) is 0. The normalized spacial score (nSPS) is 30.2. The molecule has 0 aliphatic heterocycles. The molecule has 1 aromatic heterocycles. The summed E-state index contributed by atoms with van der Waals surface area (Å²) in [6, 6.07) is 0.138. The lowest BCUT2D eigenvalue weighted by Gasteiger charge is -2.59. The van der Waals surface area contributed by atoms with E-state index in [9.17, 15) is 14.7 Å². The molecule has 2 atom stereocenters. The van der Waals surface area contributed by atoms with E-state index in [1.54, 1.807) is 17.1 Å². The molecular weight excluding hydrogens is 432 g/mol. The summed E-state index contributed by atoms with van der Waals surface area (Å²) in [4.78, 5) is 24.9. The van der Waals surface area contributed by atoms with E-state index in [0.29, 0.717) is 35.8 Å². The minimum Gasteiger partial charge on any atom is -0.477 e. The van der Waals surface area contributed by atoms with Gasteiger partial charge in [-0.05, 0) is 81.1 Å². The van der Waals surface area contributed by atoms with Gasteiger partial charge >= 0.3 is 0 Å². The van der Waals surface area contributed by atoms with Crippen LogP contribution in [0.1, 0.15) is 77.1 Å². The first kappa shape index (κ1) is 24.8. The van der Waals surface area contributed by atoms with Crippen molar-refractivity contribution in [1.82, 2.24) is 20.4 Å². The van der Waals surface area contributed by atoms with Crippen LogP contribution in [0.25, 0.3) is 6.20 Å². The van der Waals surface area contributed by atoms with Gasteiger partial charge in [0.1, 0.15) is 5.56 Å². The molecule has 0 saturated heterocycles. The van der Waals surface area contributed by atoms with Crippen molar-refractivity contribution in [1.29, 1.82) is 0 Å². The highest BCUT2D eigenvalue weighted by molar-refractivity contribution is 5.96. The molecule has 1 aromatic rings. The van der Waals surface area contributed by atoms with Gasteiger partial charge in [0.05, 0.1) is 18.3 Å². The zero-order valence-electron chi connectivity index (χ0n) is 21.1. The summed E-state index contributed by atoms with van der Waals surface area (Å²) < 4.78 is 7.61. The number of carbonyl (C=O) groups excluding carboxylic acids is 2. The molecule has 188 valence electrons. The van der Waals surface area contributed by atoms with Gasteiger partial charge in [0, 0.05) is 25.8 Å². The molecule has 5 rings (SSSR count). The maximum absolute atomic E-state index is 13.4. The molecule has 8 nitrogen and oxygen atoms in total. The number of nitrogens with zero attached hydrogens (tertiary/aromatic N) is 2. The third-order valence-electron chi connectivity index (χ3n) is 7.71. The van der Waals surface area contributed by atoms with Gasteiger partial charge in [0.15, 0.2) is 0 Å². The first-order chi connectivity index (χ1) is 16.0. The quantitative estimate of drug-likeness (QED) is 0.512. The van der Waals surface area contributed by atoms with Crippen LogP contribution in [0.15, 0.2) is 12.3 Å². The van der Waals surface area contributed by atoms with E-state index >= 15 is 0 Å². The van der Waals surface area contributed by atoms with E-state index in [1.807, 2.05) is 19.9 Å². The zero-order valence-corrected chi connectivity index (χ0v) is 21.1. The molecule has 4 fully saturated rings. The van der Waals surface area contributed by atoms with Gasteiger partial charge in [-0.25, -0.2) is 4.68 Å². The maximum atomic E-state index is 13.4. The molecule has 2 unspecified atom stereocenters. The number of ether oxygens (including phenoxy) is 1. The molecule has 4 bridgehead atoms. The largest absolute Gasteiger partial charge is 0.477 e. The summed E-state index contributed by atoms with van der Waals surface area (Å²) in [5, 5.41) is 20.6. The molecule has 4 aliphatic rings. The highest BCUT2D eigenvalue weighted by Gasteiger charge is 2.55. The van der Waals surface area contributed by atoms with Crippen molar-refractivity contribution in [2.24, 2.45) is 29.1 Å². The average Bonchev–Trinajstić information content (AvgIpc) is 3.15. The number of hydrogen-bond acceptors (Lipinski definition) is 5. The first-order valence-corrected chi connectivity index (χ1v) is 12.6. The molecule has 2 amide bonds. The van der Waals surface area contributed by atoms with E-state index in [4.69, 9.17) is 4.74 Å². The van der Waals surface area contributed by atoms with Crippen LogP contribution < -0.4 is 15.4 Å². The molecule has 34 heavy (non-hydrogen) atoms.